The summed E-state index contributed by atoms with van der Waals surface area (Å²) in [5.41, 5.74) is 1.60. The van der Waals surface area contributed by atoms with Crippen LogP contribution >= 0.6 is 0 Å². The van der Waals surface area contributed by atoms with E-state index in [1.165, 1.54) is 6.07 Å². The number of hydrogen-bond donors (Lipinski definition) is 1. The minimum Gasteiger partial charge on any atom is -0.459 e. The Labute approximate surface area is 151 Å². The Bertz CT molecular complexity index is 926. The average Bonchev–Trinajstić information content (AvgIpc) is 3.14. The van der Waals surface area contributed by atoms with Crippen LogP contribution in [-0.4, -0.2) is 4.92 Å². The van der Waals surface area contributed by atoms with Crippen molar-refractivity contribution in [3.8, 4) is 23.7 Å². The first kappa shape index (κ1) is 17.5. The maximum atomic E-state index is 11.2. The number of rotatable bonds is 7. The zero-order chi connectivity index (χ0) is 18.4. The van der Waals surface area contributed by atoms with Gasteiger partial charge in [-0.25, -0.2) is 0 Å². The molecule has 1 N–H and O–H groups in total. The van der Waals surface area contributed by atoms with E-state index in [2.05, 4.69) is 11.2 Å². The van der Waals surface area contributed by atoms with E-state index in [9.17, 15) is 10.1 Å². The van der Waals surface area contributed by atoms with Crippen molar-refractivity contribution in [2.75, 3.05) is 0 Å². The first-order chi connectivity index (χ1) is 12.7. The quantitative estimate of drug-likeness (QED) is 0.382. The van der Waals surface area contributed by atoms with Crippen molar-refractivity contribution in [3.05, 3.63) is 88.2 Å². The van der Waals surface area contributed by atoms with E-state index >= 15 is 0 Å². The predicted molar refractivity (Wildman–Crippen MR) is 100 cm³/mol. The summed E-state index contributed by atoms with van der Waals surface area (Å²) in [6.07, 6.45) is 6.04. The summed E-state index contributed by atoms with van der Waals surface area (Å²) in [7, 11) is 0. The number of nitro groups is 1. The average molecular weight is 346 g/mol. The highest BCUT2D eigenvalue weighted by Crippen LogP contribution is 2.31. The molecule has 26 heavy (non-hydrogen) atoms. The maximum absolute atomic E-state index is 11.2. The molecule has 0 aliphatic heterocycles. The molecule has 1 unspecified atom stereocenters. The van der Waals surface area contributed by atoms with E-state index in [0.29, 0.717) is 30.0 Å². The van der Waals surface area contributed by atoms with Crippen LogP contribution in [0.15, 0.2) is 71.1 Å². The van der Waals surface area contributed by atoms with Crippen LogP contribution in [-0.2, 0) is 6.54 Å². The summed E-state index contributed by atoms with van der Waals surface area (Å²) in [4.78, 5) is 10.8. The molecule has 0 spiro atoms. The number of para-hydroxylation sites is 1. The molecule has 0 radical (unpaired) electrons. The lowest BCUT2D eigenvalue weighted by molar-refractivity contribution is -0.384. The van der Waals surface area contributed by atoms with Crippen molar-refractivity contribution in [2.24, 2.45) is 0 Å². The van der Waals surface area contributed by atoms with Crippen LogP contribution < -0.4 is 5.32 Å². The lowest BCUT2D eigenvalue weighted by Gasteiger charge is -2.16. The minimum absolute atomic E-state index is 0.0146. The van der Waals surface area contributed by atoms with Gasteiger partial charge in [-0.05, 0) is 23.8 Å². The largest absolute Gasteiger partial charge is 0.459 e. The zero-order valence-electron chi connectivity index (χ0n) is 14.1. The lowest BCUT2D eigenvalue weighted by atomic mass is 10.0. The van der Waals surface area contributed by atoms with Crippen molar-refractivity contribution in [1.29, 1.82) is 0 Å². The van der Waals surface area contributed by atoms with Gasteiger partial charge in [-0.2, -0.15) is 0 Å². The van der Waals surface area contributed by atoms with Crippen molar-refractivity contribution < 1.29 is 9.34 Å². The predicted octanol–water partition coefficient (Wildman–Crippen LogP) is 4.71. The monoisotopic (exact) mass is 346 g/mol. The van der Waals surface area contributed by atoms with Crippen molar-refractivity contribution in [1.82, 2.24) is 5.32 Å². The number of furan rings is 1. The van der Waals surface area contributed by atoms with Gasteiger partial charge in [0.1, 0.15) is 11.5 Å². The SMILES string of the molecule is C#CCC(NCc1ccc(-c2ccccc2[N+](=O)[O-])o1)c1ccccc1. The standard InChI is InChI=1S/C21H18N2O3/c1-2-8-19(16-9-4-3-5-10-16)22-15-17-13-14-21(26-17)18-11-6-7-12-20(18)23(24)25/h1,3-7,9-14,19,22H,8,15H2. The Balaban J connectivity index is 1.75. The summed E-state index contributed by atoms with van der Waals surface area (Å²) in [5.74, 6) is 3.85. The summed E-state index contributed by atoms with van der Waals surface area (Å²) >= 11 is 0. The summed E-state index contributed by atoms with van der Waals surface area (Å²) < 4.78 is 5.81. The molecule has 2 aromatic carbocycles. The zero-order valence-corrected chi connectivity index (χ0v) is 14.1. The van der Waals surface area contributed by atoms with Gasteiger partial charge in [-0.15, -0.1) is 12.3 Å². The third-order valence-electron chi connectivity index (χ3n) is 4.07. The summed E-state index contributed by atoms with van der Waals surface area (Å²) in [5, 5.41) is 14.6. The topological polar surface area (TPSA) is 68.3 Å². The first-order valence-electron chi connectivity index (χ1n) is 8.23. The Kier molecular flexibility index (Phi) is 5.47. The molecule has 0 bridgehead atoms. The Hall–Kier alpha value is -3.36. The van der Waals surface area contributed by atoms with Crippen LogP contribution in [0.25, 0.3) is 11.3 Å². The molecule has 0 aliphatic rings. The molecule has 3 rings (SSSR count). The second-order valence-electron chi connectivity index (χ2n) is 5.79. The van der Waals surface area contributed by atoms with E-state index in [0.717, 1.165) is 5.56 Å². The molecular formula is C21H18N2O3. The highest BCUT2D eigenvalue weighted by molar-refractivity contribution is 5.69. The van der Waals surface area contributed by atoms with Crippen LogP contribution in [0.4, 0.5) is 5.69 Å². The number of nitro benzene ring substituents is 1. The van der Waals surface area contributed by atoms with Crippen LogP contribution in [0.5, 0.6) is 0 Å². The van der Waals surface area contributed by atoms with E-state index in [1.54, 1.807) is 24.3 Å². The highest BCUT2D eigenvalue weighted by Gasteiger charge is 2.17. The van der Waals surface area contributed by atoms with Gasteiger partial charge in [-0.3, -0.25) is 10.1 Å². The van der Waals surface area contributed by atoms with Crippen molar-refractivity contribution >= 4 is 5.69 Å². The number of terminal acetylenes is 1. The van der Waals surface area contributed by atoms with Crippen molar-refractivity contribution in [3.63, 3.8) is 0 Å². The molecule has 0 saturated carbocycles. The second-order valence-corrected chi connectivity index (χ2v) is 5.79. The second kappa shape index (κ2) is 8.15. The molecule has 5 nitrogen and oxygen atoms in total. The fourth-order valence-electron chi connectivity index (χ4n) is 2.79. The lowest BCUT2D eigenvalue weighted by Crippen LogP contribution is -2.20. The van der Waals surface area contributed by atoms with Gasteiger partial charge in [0.2, 0.25) is 0 Å². The molecule has 3 aromatic rings. The van der Waals surface area contributed by atoms with Gasteiger partial charge < -0.3 is 9.73 Å². The van der Waals surface area contributed by atoms with Crippen LogP contribution in [0.1, 0.15) is 23.8 Å². The van der Waals surface area contributed by atoms with E-state index in [1.807, 2.05) is 36.4 Å². The van der Waals surface area contributed by atoms with Crippen LogP contribution in [0.2, 0.25) is 0 Å². The first-order valence-corrected chi connectivity index (χ1v) is 8.23. The van der Waals surface area contributed by atoms with Gasteiger partial charge >= 0.3 is 0 Å². The fraction of sp³-hybridized carbons (Fsp3) is 0.143. The number of benzene rings is 2. The molecule has 1 aromatic heterocycles. The normalized spacial score (nSPS) is 11.7. The Morgan fingerprint density at radius 1 is 1.08 bits per heavy atom. The van der Waals surface area contributed by atoms with Crippen LogP contribution in [0.3, 0.4) is 0 Å². The van der Waals surface area contributed by atoms with E-state index in [4.69, 9.17) is 10.8 Å². The molecule has 1 atom stereocenters. The molecular weight excluding hydrogens is 328 g/mol. The minimum atomic E-state index is -0.409. The number of nitrogens with one attached hydrogen (secondary N) is 1. The summed E-state index contributed by atoms with van der Waals surface area (Å²) in [6.45, 7) is 0.474. The highest BCUT2D eigenvalue weighted by atomic mass is 16.6. The maximum Gasteiger partial charge on any atom is 0.280 e. The fourth-order valence-corrected chi connectivity index (χ4v) is 2.79. The Morgan fingerprint density at radius 3 is 2.54 bits per heavy atom. The molecule has 0 aliphatic carbocycles. The van der Waals surface area contributed by atoms with Gasteiger partial charge in [0.15, 0.2) is 0 Å². The van der Waals surface area contributed by atoms with Crippen molar-refractivity contribution in [2.45, 2.75) is 19.0 Å². The third kappa shape index (κ3) is 4.00. The summed E-state index contributed by atoms with van der Waals surface area (Å²) in [6, 6.07) is 20.1. The number of hydrogen-bond acceptors (Lipinski definition) is 4. The molecule has 1 heterocycles. The number of nitrogens with zero attached hydrogens (tertiary/aromatic N) is 1. The van der Waals surface area contributed by atoms with Crippen LogP contribution in [0, 0.1) is 22.5 Å². The van der Waals surface area contributed by atoms with Gasteiger partial charge in [-0.1, -0.05) is 42.5 Å². The molecule has 0 fully saturated rings. The molecule has 5 heteroatoms. The van der Waals surface area contributed by atoms with Gasteiger partial charge in [0.25, 0.3) is 5.69 Å². The molecule has 0 saturated heterocycles. The third-order valence-corrected chi connectivity index (χ3v) is 4.07. The van der Waals surface area contributed by atoms with Gasteiger partial charge in [0, 0.05) is 18.5 Å². The molecule has 0 amide bonds. The molecule has 130 valence electrons. The van der Waals surface area contributed by atoms with E-state index in [-0.39, 0.29) is 11.7 Å². The Morgan fingerprint density at radius 2 is 1.81 bits per heavy atom. The smallest absolute Gasteiger partial charge is 0.280 e. The van der Waals surface area contributed by atoms with E-state index < -0.39 is 4.92 Å². The van der Waals surface area contributed by atoms with Gasteiger partial charge in [0.05, 0.1) is 17.0 Å².